The van der Waals surface area contributed by atoms with Crippen molar-refractivity contribution in [2.45, 2.75) is 44.2 Å². The zero-order chi connectivity index (χ0) is 19.5. The lowest BCUT2D eigenvalue weighted by molar-refractivity contribution is -0.129. The SMILES string of the molecule is COC1CC2(CC(CN3C(=O)c4ccccc4C3Cc3c(Cl)cnn3C)C2)C1. The highest BCUT2D eigenvalue weighted by Crippen LogP contribution is 2.60. The number of aromatic nitrogens is 2. The van der Waals surface area contributed by atoms with Gasteiger partial charge in [-0.3, -0.25) is 9.48 Å². The quantitative estimate of drug-likeness (QED) is 0.762. The molecule has 148 valence electrons. The predicted molar refractivity (Wildman–Crippen MR) is 107 cm³/mol. The van der Waals surface area contributed by atoms with Gasteiger partial charge in [-0.15, -0.1) is 0 Å². The van der Waals surface area contributed by atoms with Crippen molar-refractivity contribution in [3.8, 4) is 0 Å². The number of rotatable bonds is 5. The van der Waals surface area contributed by atoms with Crippen LogP contribution in [0.3, 0.4) is 0 Å². The second-order valence-corrected chi connectivity index (χ2v) is 9.27. The molecule has 1 aromatic heterocycles. The van der Waals surface area contributed by atoms with Crippen molar-refractivity contribution in [2.75, 3.05) is 13.7 Å². The van der Waals surface area contributed by atoms with Crippen molar-refractivity contribution in [1.82, 2.24) is 14.7 Å². The lowest BCUT2D eigenvalue weighted by atomic mass is 9.50. The van der Waals surface area contributed by atoms with Gasteiger partial charge >= 0.3 is 0 Å². The van der Waals surface area contributed by atoms with Crippen LogP contribution in [0.5, 0.6) is 0 Å². The standard InChI is InChI=1S/C22H26ClN3O2/c1-25-20(18(23)12-24-25)7-19-16-5-3-4-6-17(16)21(27)26(19)13-14-8-22(9-14)10-15(11-22)28-2/h3-6,12,14-15,19H,7-11,13H2,1-2H3. The van der Waals surface area contributed by atoms with Crippen LogP contribution in [0.15, 0.2) is 30.5 Å². The van der Waals surface area contributed by atoms with Crippen LogP contribution in [0.2, 0.25) is 5.02 Å². The number of amides is 1. The third kappa shape index (κ3) is 2.79. The van der Waals surface area contributed by atoms with E-state index in [-0.39, 0.29) is 11.9 Å². The number of fused-ring (bicyclic) bond motifs is 1. The smallest absolute Gasteiger partial charge is 0.254 e. The molecule has 1 spiro atoms. The van der Waals surface area contributed by atoms with E-state index in [9.17, 15) is 4.79 Å². The van der Waals surface area contributed by atoms with E-state index in [0.717, 1.165) is 23.4 Å². The summed E-state index contributed by atoms with van der Waals surface area (Å²) >= 11 is 6.37. The molecule has 0 bridgehead atoms. The van der Waals surface area contributed by atoms with Crippen molar-refractivity contribution < 1.29 is 9.53 Å². The maximum Gasteiger partial charge on any atom is 0.254 e. The molecule has 1 unspecified atom stereocenters. The van der Waals surface area contributed by atoms with Crippen molar-refractivity contribution in [2.24, 2.45) is 18.4 Å². The van der Waals surface area contributed by atoms with E-state index in [4.69, 9.17) is 16.3 Å². The van der Waals surface area contributed by atoms with Crippen LogP contribution < -0.4 is 0 Å². The van der Waals surface area contributed by atoms with Crippen molar-refractivity contribution in [1.29, 1.82) is 0 Å². The first kappa shape index (κ1) is 18.2. The minimum Gasteiger partial charge on any atom is -0.381 e. The van der Waals surface area contributed by atoms with E-state index < -0.39 is 0 Å². The fraction of sp³-hybridized carbons (Fsp3) is 0.545. The molecule has 3 aliphatic rings. The number of hydrogen-bond donors (Lipinski definition) is 0. The summed E-state index contributed by atoms with van der Waals surface area (Å²) in [5.41, 5.74) is 3.42. The second-order valence-electron chi connectivity index (χ2n) is 8.87. The number of nitrogens with zero attached hydrogens (tertiary/aromatic N) is 3. The molecule has 2 heterocycles. The highest BCUT2D eigenvalue weighted by Gasteiger charge is 2.54. The average molecular weight is 400 g/mol. The molecule has 1 aliphatic heterocycles. The molecule has 1 atom stereocenters. The fourth-order valence-corrected chi connectivity index (χ4v) is 5.95. The van der Waals surface area contributed by atoms with E-state index in [1.807, 2.05) is 37.0 Å². The minimum absolute atomic E-state index is 0.0289. The molecule has 2 aliphatic carbocycles. The van der Waals surface area contributed by atoms with Gasteiger partial charge in [-0.1, -0.05) is 29.8 Å². The molecule has 1 aromatic carbocycles. The molecule has 5 nitrogen and oxygen atoms in total. The summed E-state index contributed by atoms with van der Waals surface area (Å²) in [5.74, 6) is 0.740. The van der Waals surface area contributed by atoms with Crippen molar-refractivity contribution >= 4 is 17.5 Å². The highest BCUT2D eigenvalue weighted by molar-refractivity contribution is 6.31. The van der Waals surface area contributed by atoms with Gasteiger partial charge in [0.05, 0.1) is 29.1 Å². The van der Waals surface area contributed by atoms with Gasteiger partial charge in [0.1, 0.15) is 0 Å². The highest BCUT2D eigenvalue weighted by atomic mass is 35.5. The summed E-state index contributed by atoms with van der Waals surface area (Å²) in [7, 11) is 3.72. The summed E-state index contributed by atoms with van der Waals surface area (Å²) in [6.45, 7) is 0.826. The summed E-state index contributed by atoms with van der Waals surface area (Å²) in [4.78, 5) is 15.3. The molecule has 2 aromatic rings. The first-order chi connectivity index (χ1) is 13.5. The van der Waals surface area contributed by atoms with Crippen LogP contribution in [-0.2, 0) is 18.2 Å². The molecule has 0 saturated heterocycles. The Hall–Kier alpha value is -1.85. The van der Waals surface area contributed by atoms with Crippen LogP contribution in [0.1, 0.15) is 53.3 Å². The van der Waals surface area contributed by atoms with Gasteiger partial charge in [-0.2, -0.15) is 5.10 Å². The molecule has 2 saturated carbocycles. The number of aryl methyl sites for hydroxylation is 1. The summed E-state index contributed by atoms with van der Waals surface area (Å²) < 4.78 is 7.28. The van der Waals surface area contributed by atoms with Gasteiger partial charge in [0.2, 0.25) is 0 Å². The molecule has 28 heavy (non-hydrogen) atoms. The number of carbonyl (C=O) groups excluding carboxylic acids is 1. The Balaban J connectivity index is 1.35. The van der Waals surface area contributed by atoms with Gasteiger partial charge < -0.3 is 9.64 Å². The Bertz CT molecular complexity index is 891. The second kappa shape index (κ2) is 6.60. The summed E-state index contributed by atoms with van der Waals surface area (Å²) in [5, 5.41) is 4.94. The van der Waals surface area contributed by atoms with Crippen molar-refractivity contribution in [3.05, 3.63) is 52.3 Å². The predicted octanol–water partition coefficient (Wildman–Crippen LogP) is 4.02. The van der Waals surface area contributed by atoms with E-state index in [2.05, 4.69) is 16.1 Å². The number of ether oxygens (including phenoxy) is 1. The Morgan fingerprint density at radius 1 is 1.25 bits per heavy atom. The molecule has 2 fully saturated rings. The molecule has 0 radical (unpaired) electrons. The van der Waals surface area contributed by atoms with Gasteiger partial charge in [0.15, 0.2) is 0 Å². The normalized spacial score (nSPS) is 31.0. The molecule has 1 amide bonds. The van der Waals surface area contributed by atoms with E-state index in [1.54, 1.807) is 6.20 Å². The van der Waals surface area contributed by atoms with Crippen LogP contribution in [0.4, 0.5) is 0 Å². The zero-order valence-electron chi connectivity index (χ0n) is 16.4. The Morgan fingerprint density at radius 3 is 2.68 bits per heavy atom. The Morgan fingerprint density at radius 2 is 2.00 bits per heavy atom. The number of hydrogen-bond acceptors (Lipinski definition) is 3. The lowest BCUT2D eigenvalue weighted by Crippen LogP contribution is -2.53. The third-order valence-corrected chi connectivity index (χ3v) is 7.45. The Kier molecular flexibility index (Phi) is 4.29. The maximum absolute atomic E-state index is 13.2. The lowest BCUT2D eigenvalue weighted by Gasteiger charge is -2.58. The van der Waals surface area contributed by atoms with Crippen LogP contribution in [0, 0.1) is 11.3 Å². The first-order valence-corrected chi connectivity index (χ1v) is 10.5. The largest absolute Gasteiger partial charge is 0.381 e. The number of benzene rings is 1. The van der Waals surface area contributed by atoms with Gasteiger partial charge in [-0.25, -0.2) is 0 Å². The minimum atomic E-state index is 0.0289. The van der Waals surface area contributed by atoms with Gasteiger partial charge in [0.25, 0.3) is 5.91 Å². The molecule has 6 heteroatoms. The van der Waals surface area contributed by atoms with Crippen LogP contribution in [-0.4, -0.2) is 40.3 Å². The first-order valence-electron chi connectivity index (χ1n) is 10.1. The molecule has 0 N–H and O–H groups in total. The van der Waals surface area contributed by atoms with E-state index in [1.165, 1.54) is 25.7 Å². The maximum atomic E-state index is 13.2. The Labute approximate surface area is 170 Å². The van der Waals surface area contributed by atoms with Crippen LogP contribution in [0.25, 0.3) is 0 Å². The topological polar surface area (TPSA) is 47.4 Å². The van der Waals surface area contributed by atoms with Crippen LogP contribution >= 0.6 is 11.6 Å². The number of methoxy groups -OCH3 is 1. The zero-order valence-corrected chi connectivity index (χ0v) is 17.2. The molecule has 5 rings (SSSR count). The van der Waals surface area contributed by atoms with E-state index in [0.29, 0.717) is 28.9 Å². The molecular weight excluding hydrogens is 374 g/mol. The van der Waals surface area contributed by atoms with Crippen molar-refractivity contribution in [3.63, 3.8) is 0 Å². The number of halogens is 1. The fourth-order valence-electron chi connectivity index (χ4n) is 5.70. The van der Waals surface area contributed by atoms with Gasteiger partial charge in [-0.05, 0) is 48.6 Å². The summed E-state index contributed by atoms with van der Waals surface area (Å²) in [6, 6.07) is 8.03. The average Bonchev–Trinajstić information content (AvgIpc) is 3.08. The molecular formula is C22H26ClN3O2. The third-order valence-electron chi connectivity index (χ3n) is 7.14. The van der Waals surface area contributed by atoms with Gasteiger partial charge in [0, 0.05) is 32.7 Å². The monoisotopic (exact) mass is 399 g/mol. The number of carbonyl (C=O) groups is 1. The van der Waals surface area contributed by atoms with E-state index >= 15 is 0 Å². The summed E-state index contributed by atoms with van der Waals surface area (Å²) in [6.07, 6.45) is 7.62.